The van der Waals surface area contributed by atoms with E-state index in [1.54, 1.807) is 22.7 Å². The molecule has 0 saturated heterocycles. The minimum atomic E-state index is -0.941. The fourth-order valence-corrected chi connectivity index (χ4v) is 5.54. The standard InChI is InChI=1S/C22H22N2O2S2/c23-19(22(25)26)9-10-24(13-17-11-15-5-1-3-7-20(15)27-17)14-18-12-16-6-2-4-8-21(16)28-18/h1-8,11-12,19H,9-10,13-14,23H2,(H,25,26)/t19-/m0/s1. The maximum Gasteiger partial charge on any atom is 0.320 e. The first kappa shape index (κ1) is 19.1. The van der Waals surface area contributed by atoms with Crippen molar-refractivity contribution < 1.29 is 9.90 Å². The van der Waals surface area contributed by atoms with Crippen LogP contribution in [-0.2, 0) is 17.9 Å². The quantitative estimate of drug-likeness (QED) is 0.433. The van der Waals surface area contributed by atoms with Crippen LogP contribution in [-0.4, -0.2) is 28.6 Å². The highest BCUT2D eigenvalue weighted by Crippen LogP contribution is 2.29. The fourth-order valence-electron chi connectivity index (χ4n) is 3.33. The van der Waals surface area contributed by atoms with Crippen molar-refractivity contribution in [3.8, 4) is 0 Å². The molecule has 28 heavy (non-hydrogen) atoms. The van der Waals surface area contributed by atoms with Crippen LogP contribution in [0.1, 0.15) is 16.2 Å². The number of hydrogen-bond acceptors (Lipinski definition) is 5. The van der Waals surface area contributed by atoms with E-state index in [2.05, 4.69) is 65.6 Å². The number of fused-ring (bicyclic) bond motifs is 2. The first-order valence-corrected chi connectivity index (χ1v) is 10.9. The smallest absolute Gasteiger partial charge is 0.320 e. The van der Waals surface area contributed by atoms with Gasteiger partial charge in [-0.15, -0.1) is 22.7 Å². The van der Waals surface area contributed by atoms with Gasteiger partial charge in [0.1, 0.15) is 6.04 Å². The van der Waals surface area contributed by atoms with Gasteiger partial charge in [-0.05, 0) is 41.5 Å². The van der Waals surface area contributed by atoms with Crippen molar-refractivity contribution in [2.24, 2.45) is 5.73 Å². The van der Waals surface area contributed by atoms with E-state index in [4.69, 9.17) is 10.8 Å². The van der Waals surface area contributed by atoms with Crippen LogP contribution in [0.3, 0.4) is 0 Å². The van der Waals surface area contributed by atoms with E-state index in [0.29, 0.717) is 13.0 Å². The number of hydrogen-bond donors (Lipinski definition) is 2. The summed E-state index contributed by atoms with van der Waals surface area (Å²) in [5, 5.41) is 11.6. The number of nitrogens with zero attached hydrogens (tertiary/aromatic N) is 1. The van der Waals surface area contributed by atoms with Crippen molar-refractivity contribution in [3.05, 3.63) is 70.4 Å². The average molecular weight is 411 g/mol. The number of aliphatic carboxylic acids is 1. The Labute approximate surface area is 171 Å². The molecule has 0 amide bonds. The molecule has 4 rings (SSSR count). The summed E-state index contributed by atoms with van der Waals surface area (Å²) in [5.41, 5.74) is 5.75. The van der Waals surface area contributed by atoms with Gasteiger partial charge in [0.05, 0.1) is 0 Å². The van der Waals surface area contributed by atoms with Crippen LogP contribution in [0.15, 0.2) is 60.7 Å². The number of carboxylic acids is 1. The molecule has 0 spiro atoms. The van der Waals surface area contributed by atoms with E-state index in [0.717, 1.165) is 13.1 Å². The molecule has 0 bridgehead atoms. The number of carboxylic acid groups (broad SMARTS) is 1. The van der Waals surface area contributed by atoms with Crippen molar-refractivity contribution in [3.63, 3.8) is 0 Å². The monoisotopic (exact) mass is 410 g/mol. The normalized spacial score (nSPS) is 12.8. The SMILES string of the molecule is N[C@@H](CCN(Cc1cc2ccccc2s1)Cc1cc2ccccc2s1)C(=O)O. The number of benzene rings is 2. The highest BCUT2D eigenvalue weighted by molar-refractivity contribution is 7.19. The molecule has 144 valence electrons. The third-order valence-corrected chi connectivity index (χ3v) is 6.99. The highest BCUT2D eigenvalue weighted by atomic mass is 32.1. The summed E-state index contributed by atoms with van der Waals surface area (Å²) in [5.74, 6) is -0.941. The molecule has 0 aliphatic heterocycles. The molecule has 0 saturated carbocycles. The van der Waals surface area contributed by atoms with Gasteiger partial charge < -0.3 is 10.8 Å². The van der Waals surface area contributed by atoms with Crippen molar-refractivity contribution in [2.75, 3.05) is 6.54 Å². The van der Waals surface area contributed by atoms with E-state index < -0.39 is 12.0 Å². The molecule has 0 radical (unpaired) electrons. The second-order valence-electron chi connectivity index (χ2n) is 6.95. The Hall–Kier alpha value is -2.25. The third kappa shape index (κ3) is 4.42. The van der Waals surface area contributed by atoms with Gasteiger partial charge in [0.15, 0.2) is 0 Å². The molecule has 6 heteroatoms. The van der Waals surface area contributed by atoms with Gasteiger partial charge in [0.2, 0.25) is 0 Å². The Morgan fingerprint density at radius 2 is 1.43 bits per heavy atom. The molecule has 3 N–H and O–H groups in total. The second-order valence-corrected chi connectivity index (χ2v) is 9.28. The summed E-state index contributed by atoms with van der Waals surface area (Å²) in [7, 11) is 0. The van der Waals surface area contributed by atoms with Crippen molar-refractivity contribution in [1.29, 1.82) is 0 Å². The molecule has 0 aliphatic rings. The molecule has 4 nitrogen and oxygen atoms in total. The Balaban J connectivity index is 1.54. The maximum atomic E-state index is 11.1. The number of thiophene rings is 2. The molecule has 2 aromatic carbocycles. The molecule has 0 aliphatic carbocycles. The van der Waals surface area contributed by atoms with Crippen LogP contribution in [0.5, 0.6) is 0 Å². The van der Waals surface area contributed by atoms with E-state index in [9.17, 15) is 4.79 Å². The number of carbonyl (C=O) groups is 1. The van der Waals surface area contributed by atoms with E-state index in [1.807, 2.05) is 0 Å². The Bertz CT molecular complexity index is 960. The highest BCUT2D eigenvalue weighted by Gasteiger charge is 2.16. The number of rotatable bonds is 8. The average Bonchev–Trinajstić information content (AvgIpc) is 3.28. The first-order valence-electron chi connectivity index (χ1n) is 9.24. The van der Waals surface area contributed by atoms with Crippen molar-refractivity contribution in [2.45, 2.75) is 25.6 Å². The molecule has 1 atom stereocenters. The van der Waals surface area contributed by atoms with E-state index in [-0.39, 0.29) is 0 Å². The van der Waals surface area contributed by atoms with Crippen LogP contribution in [0.4, 0.5) is 0 Å². The van der Waals surface area contributed by atoms with Crippen LogP contribution >= 0.6 is 22.7 Å². The van der Waals surface area contributed by atoms with Crippen LogP contribution in [0, 0.1) is 0 Å². The maximum absolute atomic E-state index is 11.1. The Kier molecular flexibility index (Phi) is 5.73. The third-order valence-electron chi connectivity index (χ3n) is 4.79. The summed E-state index contributed by atoms with van der Waals surface area (Å²) in [6.45, 7) is 2.23. The van der Waals surface area contributed by atoms with Gasteiger partial charge in [0.25, 0.3) is 0 Å². The molecule has 2 aromatic heterocycles. The topological polar surface area (TPSA) is 66.6 Å². The lowest BCUT2D eigenvalue weighted by Crippen LogP contribution is -2.35. The zero-order valence-corrected chi connectivity index (χ0v) is 17.0. The van der Waals surface area contributed by atoms with Gasteiger partial charge in [0, 0.05) is 38.8 Å². The van der Waals surface area contributed by atoms with Gasteiger partial charge in [-0.2, -0.15) is 0 Å². The lowest BCUT2D eigenvalue weighted by molar-refractivity contribution is -0.138. The van der Waals surface area contributed by atoms with Gasteiger partial charge in [-0.3, -0.25) is 9.69 Å². The number of nitrogens with two attached hydrogens (primary N) is 1. The lowest BCUT2D eigenvalue weighted by Gasteiger charge is -2.22. The fraction of sp³-hybridized carbons (Fsp3) is 0.227. The molecule has 2 heterocycles. The first-order chi connectivity index (χ1) is 13.6. The van der Waals surface area contributed by atoms with Crippen LogP contribution < -0.4 is 5.73 Å². The zero-order chi connectivity index (χ0) is 19.5. The van der Waals surface area contributed by atoms with Gasteiger partial charge in [-0.1, -0.05) is 36.4 Å². The van der Waals surface area contributed by atoms with Crippen LogP contribution in [0.25, 0.3) is 20.2 Å². The Morgan fingerprint density at radius 3 is 1.89 bits per heavy atom. The van der Waals surface area contributed by atoms with E-state index in [1.165, 1.54) is 29.9 Å². The van der Waals surface area contributed by atoms with Gasteiger partial charge in [-0.25, -0.2) is 0 Å². The second kappa shape index (κ2) is 8.41. The zero-order valence-electron chi connectivity index (χ0n) is 15.4. The summed E-state index contributed by atoms with van der Waals surface area (Å²) in [4.78, 5) is 16.0. The summed E-state index contributed by atoms with van der Waals surface area (Å²) < 4.78 is 2.56. The molecular weight excluding hydrogens is 388 g/mol. The lowest BCUT2D eigenvalue weighted by atomic mass is 10.2. The molecular formula is C22H22N2O2S2. The summed E-state index contributed by atoms with van der Waals surface area (Å²) in [6, 6.07) is 20.4. The minimum absolute atomic E-state index is 0.436. The summed E-state index contributed by atoms with van der Waals surface area (Å²) in [6.07, 6.45) is 0.436. The molecule has 0 fully saturated rings. The van der Waals surface area contributed by atoms with Gasteiger partial charge >= 0.3 is 5.97 Å². The Morgan fingerprint density at radius 1 is 0.929 bits per heavy atom. The largest absolute Gasteiger partial charge is 0.480 e. The van der Waals surface area contributed by atoms with Crippen molar-refractivity contribution >= 4 is 48.8 Å². The van der Waals surface area contributed by atoms with Crippen molar-refractivity contribution in [1.82, 2.24) is 4.90 Å². The minimum Gasteiger partial charge on any atom is -0.480 e. The predicted molar refractivity (Wildman–Crippen MR) is 118 cm³/mol. The van der Waals surface area contributed by atoms with E-state index >= 15 is 0 Å². The molecule has 4 aromatic rings. The summed E-state index contributed by atoms with van der Waals surface area (Å²) >= 11 is 3.59. The van der Waals surface area contributed by atoms with Crippen LogP contribution in [0.2, 0.25) is 0 Å². The molecule has 0 unspecified atom stereocenters. The predicted octanol–water partition coefficient (Wildman–Crippen LogP) is 4.92.